The van der Waals surface area contributed by atoms with Gasteiger partial charge < -0.3 is 10.8 Å². The Morgan fingerprint density at radius 2 is 1.80 bits per heavy atom. The number of hydrogen-bond donors (Lipinski definition) is 2. The van der Waals surface area contributed by atoms with E-state index in [9.17, 15) is 14.0 Å². The van der Waals surface area contributed by atoms with Crippen molar-refractivity contribution in [3.8, 4) is 0 Å². The maximum Gasteiger partial charge on any atom is 0.364 e. The smallest absolute Gasteiger partial charge is 0.364 e. The second-order valence-corrected chi connectivity index (χ2v) is 2.78. The Hall–Kier alpha value is -2.17. The van der Waals surface area contributed by atoms with Crippen LogP contribution in [0.15, 0.2) is 30.1 Å². The number of carbonyl (C=O) groups excluding carboxylic acids is 1. The summed E-state index contributed by atoms with van der Waals surface area (Å²) in [6.07, 6.45) is 0.854. The summed E-state index contributed by atoms with van der Waals surface area (Å²) in [4.78, 5) is 20.8. The molecule has 5 heteroatoms. The maximum atomic E-state index is 12.6. The van der Waals surface area contributed by atoms with Gasteiger partial charge in [0.2, 0.25) is 11.7 Å². The molecule has 3 N–H and O–H groups in total. The van der Waals surface area contributed by atoms with Crippen molar-refractivity contribution in [2.24, 2.45) is 5.73 Å². The minimum atomic E-state index is -1.63. The van der Waals surface area contributed by atoms with Gasteiger partial charge in [0, 0.05) is 5.56 Å². The van der Waals surface area contributed by atoms with Crippen LogP contribution in [0.4, 0.5) is 4.39 Å². The van der Waals surface area contributed by atoms with Crippen molar-refractivity contribution in [2.45, 2.75) is 0 Å². The highest BCUT2D eigenvalue weighted by molar-refractivity contribution is 5.93. The first-order valence-electron chi connectivity index (χ1n) is 4.01. The van der Waals surface area contributed by atoms with E-state index in [4.69, 9.17) is 10.8 Å². The van der Waals surface area contributed by atoms with E-state index < -0.39 is 17.7 Å². The highest BCUT2D eigenvalue weighted by atomic mass is 19.1. The van der Waals surface area contributed by atoms with Gasteiger partial charge in [0.25, 0.3) is 0 Å². The second kappa shape index (κ2) is 4.36. The van der Waals surface area contributed by atoms with E-state index in [1.807, 2.05) is 0 Å². The van der Waals surface area contributed by atoms with Gasteiger partial charge in [0.15, 0.2) is 0 Å². The minimum absolute atomic E-state index is 0.280. The Bertz CT molecular complexity index is 423. The highest BCUT2D eigenvalue weighted by Gasteiger charge is 2.05. The number of primary amides is 1. The van der Waals surface area contributed by atoms with Gasteiger partial charge in [0.1, 0.15) is 0 Å². The van der Waals surface area contributed by atoms with Gasteiger partial charge in [0.05, 0.1) is 0 Å². The zero-order chi connectivity index (χ0) is 11.4. The molecule has 0 saturated heterocycles. The van der Waals surface area contributed by atoms with Gasteiger partial charge >= 0.3 is 5.97 Å². The molecule has 1 aromatic rings. The van der Waals surface area contributed by atoms with Gasteiger partial charge in [-0.25, -0.2) is 4.79 Å². The fourth-order valence-corrected chi connectivity index (χ4v) is 0.952. The molecule has 0 aliphatic heterocycles. The molecular formula is C10H8FNO3. The highest BCUT2D eigenvalue weighted by Crippen LogP contribution is 2.09. The Labute approximate surface area is 84.8 Å². The van der Waals surface area contributed by atoms with E-state index in [1.165, 1.54) is 24.3 Å². The fraction of sp³-hybridized carbons (Fsp3) is 0. The molecule has 0 spiro atoms. The summed E-state index contributed by atoms with van der Waals surface area (Å²) < 4.78 is 12.6. The third-order valence-corrected chi connectivity index (χ3v) is 1.69. The largest absolute Gasteiger partial charge is 0.476 e. The number of carbonyl (C=O) groups is 2. The molecule has 4 nitrogen and oxygen atoms in total. The third kappa shape index (κ3) is 2.91. The van der Waals surface area contributed by atoms with Gasteiger partial charge in [-0.3, -0.25) is 4.79 Å². The Morgan fingerprint density at radius 1 is 1.27 bits per heavy atom. The monoisotopic (exact) mass is 209 g/mol. The van der Waals surface area contributed by atoms with Crippen LogP contribution in [-0.2, 0) is 4.79 Å². The first-order valence-corrected chi connectivity index (χ1v) is 4.01. The number of amides is 1. The van der Waals surface area contributed by atoms with Crippen LogP contribution in [0.25, 0.3) is 6.08 Å². The average Bonchev–Trinajstić information content (AvgIpc) is 2.18. The van der Waals surface area contributed by atoms with Crippen LogP contribution in [0.1, 0.15) is 15.9 Å². The summed E-state index contributed by atoms with van der Waals surface area (Å²) in [6.45, 7) is 0. The second-order valence-electron chi connectivity index (χ2n) is 2.78. The van der Waals surface area contributed by atoms with E-state index in [2.05, 4.69) is 0 Å². The number of hydrogen-bond acceptors (Lipinski definition) is 2. The maximum absolute atomic E-state index is 12.6. The SMILES string of the molecule is NC(=O)c1ccc(/C=C(/F)C(=O)O)cc1. The molecule has 1 rings (SSSR count). The quantitative estimate of drug-likeness (QED) is 0.733. The zero-order valence-electron chi connectivity index (χ0n) is 7.61. The standard InChI is InChI=1S/C10H8FNO3/c11-8(10(14)15)5-6-1-3-7(4-2-6)9(12)13/h1-5H,(H2,12,13)(H,14,15)/b8-5+. The zero-order valence-corrected chi connectivity index (χ0v) is 7.61. The average molecular weight is 209 g/mol. The molecule has 0 saturated carbocycles. The van der Waals surface area contributed by atoms with Crippen LogP contribution >= 0.6 is 0 Å². The number of carboxylic acid groups (broad SMARTS) is 1. The Kier molecular flexibility index (Phi) is 3.17. The normalized spacial score (nSPS) is 11.1. The molecule has 1 amide bonds. The van der Waals surface area contributed by atoms with Gasteiger partial charge in [-0.05, 0) is 23.8 Å². The van der Waals surface area contributed by atoms with E-state index in [0.29, 0.717) is 5.56 Å². The molecule has 15 heavy (non-hydrogen) atoms. The van der Waals surface area contributed by atoms with Crippen molar-refractivity contribution in [3.05, 3.63) is 41.2 Å². The predicted molar refractivity (Wildman–Crippen MR) is 51.7 cm³/mol. The number of benzene rings is 1. The molecule has 0 aliphatic rings. The molecule has 0 aliphatic carbocycles. The first kappa shape index (κ1) is 10.9. The summed E-state index contributed by atoms with van der Waals surface area (Å²) in [7, 11) is 0. The molecule has 1 aromatic carbocycles. The van der Waals surface area contributed by atoms with Crippen LogP contribution < -0.4 is 5.73 Å². The number of aliphatic carboxylic acids is 1. The van der Waals surface area contributed by atoms with Crippen LogP contribution in [-0.4, -0.2) is 17.0 Å². The van der Waals surface area contributed by atoms with Gasteiger partial charge in [-0.1, -0.05) is 12.1 Å². The summed E-state index contributed by atoms with van der Waals surface area (Å²) in [5, 5.41) is 8.27. The van der Waals surface area contributed by atoms with E-state index in [-0.39, 0.29) is 5.56 Å². The van der Waals surface area contributed by atoms with Crippen molar-refractivity contribution in [1.29, 1.82) is 0 Å². The van der Waals surface area contributed by atoms with Crippen LogP contribution in [0.2, 0.25) is 0 Å². The van der Waals surface area contributed by atoms with Crippen LogP contribution in [0.3, 0.4) is 0 Å². The first-order chi connectivity index (χ1) is 7.00. The number of carboxylic acids is 1. The van der Waals surface area contributed by atoms with Crippen molar-refractivity contribution in [1.82, 2.24) is 0 Å². The predicted octanol–water partition coefficient (Wildman–Crippen LogP) is 1.18. The minimum Gasteiger partial charge on any atom is -0.476 e. The van der Waals surface area contributed by atoms with Gasteiger partial charge in [-0.15, -0.1) is 0 Å². The summed E-state index contributed by atoms with van der Waals surface area (Å²) in [5.74, 6) is -3.49. The van der Waals surface area contributed by atoms with E-state index in [0.717, 1.165) is 6.08 Å². The molecule has 0 fully saturated rings. The van der Waals surface area contributed by atoms with E-state index >= 15 is 0 Å². The lowest BCUT2D eigenvalue weighted by atomic mass is 10.1. The lowest BCUT2D eigenvalue weighted by molar-refractivity contribution is -0.134. The van der Waals surface area contributed by atoms with Crippen LogP contribution in [0, 0.1) is 0 Å². The van der Waals surface area contributed by atoms with Crippen molar-refractivity contribution >= 4 is 18.0 Å². The number of nitrogens with two attached hydrogens (primary N) is 1. The summed E-state index contributed by atoms with van der Waals surface area (Å²) in [6, 6.07) is 5.60. The lowest BCUT2D eigenvalue weighted by Crippen LogP contribution is -2.10. The molecule has 78 valence electrons. The van der Waals surface area contributed by atoms with Crippen molar-refractivity contribution < 1.29 is 19.1 Å². The Balaban J connectivity index is 2.95. The van der Waals surface area contributed by atoms with Crippen molar-refractivity contribution in [3.63, 3.8) is 0 Å². The lowest BCUT2D eigenvalue weighted by Gasteiger charge is -1.96. The van der Waals surface area contributed by atoms with Crippen LogP contribution in [0.5, 0.6) is 0 Å². The molecule has 0 heterocycles. The topological polar surface area (TPSA) is 80.4 Å². The molecule has 0 unspecified atom stereocenters. The molecule has 0 aromatic heterocycles. The molecule has 0 bridgehead atoms. The molecule has 0 radical (unpaired) electrons. The molecule has 0 atom stereocenters. The number of halogens is 1. The fourth-order valence-electron chi connectivity index (χ4n) is 0.952. The van der Waals surface area contributed by atoms with Gasteiger partial charge in [-0.2, -0.15) is 4.39 Å². The summed E-state index contributed by atoms with van der Waals surface area (Å²) >= 11 is 0. The Morgan fingerprint density at radius 3 is 2.20 bits per heavy atom. The van der Waals surface area contributed by atoms with E-state index in [1.54, 1.807) is 0 Å². The number of rotatable bonds is 3. The molecular weight excluding hydrogens is 201 g/mol. The summed E-state index contributed by atoms with van der Waals surface area (Å²) in [5.41, 5.74) is 5.62. The third-order valence-electron chi connectivity index (χ3n) is 1.69. The van der Waals surface area contributed by atoms with Crippen molar-refractivity contribution in [2.75, 3.05) is 0 Å².